The van der Waals surface area contributed by atoms with Crippen LogP contribution < -0.4 is 9.64 Å². The second kappa shape index (κ2) is 8.71. The Hall–Kier alpha value is -3.86. The lowest BCUT2D eigenvalue weighted by Gasteiger charge is -2.26. The third kappa shape index (κ3) is 3.66. The number of ether oxygens (including phenoxy) is 1. The number of nitrogens with zero attached hydrogens (tertiary/aromatic N) is 1. The average molecular weight is 428 g/mol. The smallest absolute Gasteiger partial charge is 0.300 e. The fourth-order valence-electron chi connectivity index (χ4n) is 4.14. The molecule has 162 valence electrons. The summed E-state index contributed by atoms with van der Waals surface area (Å²) in [6.45, 7) is 6.24. The van der Waals surface area contributed by atoms with Crippen molar-refractivity contribution in [2.45, 2.75) is 26.8 Å². The quantitative estimate of drug-likeness (QED) is 0.340. The summed E-state index contributed by atoms with van der Waals surface area (Å²) in [5.41, 5.74) is 3.70. The van der Waals surface area contributed by atoms with Crippen LogP contribution in [0.25, 0.3) is 5.76 Å². The zero-order valence-corrected chi connectivity index (χ0v) is 18.3. The number of aliphatic hydroxyl groups is 1. The zero-order valence-electron chi connectivity index (χ0n) is 18.3. The second-order valence-electron chi connectivity index (χ2n) is 7.77. The maximum Gasteiger partial charge on any atom is 0.300 e. The summed E-state index contributed by atoms with van der Waals surface area (Å²) < 4.78 is 5.59. The van der Waals surface area contributed by atoms with E-state index in [2.05, 4.69) is 0 Å². The van der Waals surface area contributed by atoms with E-state index in [4.69, 9.17) is 4.74 Å². The van der Waals surface area contributed by atoms with Crippen molar-refractivity contribution in [3.05, 3.63) is 101 Å². The Kier molecular flexibility index (Phi) is 5.82. The number of benzene rings is 3. The zero-order chi connectivity index (χ0) is 22.8. The first kappa shape index (κ1) is 21.4. The summed E-state index contributed by atoms with van der Waals surface area (Å²) in [5, 5.41) is 11.3. The summed E-state index contributed by atoms with van der Waals surface area (Å²) in [4.78, 5) is 27.9. The molecule has 1 fully saturated rings. The first-order valence-corrected chi connectivity index (χ1v) is 10.6. The standard InChI is InChI=1S/C27H25NO4/c1-4-32-22-15-14-19(16-18(22)3)25(29)23-24(21-13-9-8-10-17(21)2)28(27(31)26(23)30)20-11-6-5-7-12-20/h5-16,24,29H,4H2,1-3H3/b25-23+. The highest BCUT2D eigenvalue weighted by Crippen LogP contribution is 2.43. The highest BCUT2D eigenvalue weighted by Gasteiger charge is 2.47. The summed E-state index contributed by atoms with van der Waals surface area (Å²) >= 11 is 0. The number of ketones is 1. The van der Waals surface area contributed by atoms with Gasteiger partial charge in [-0.1, -0.05) is 42.5 Å². The number of carbonyl (C=O) groups is 2. The molecule has 0 aliphatic carbocycles. The van der Waals surface area contributed by atoms with E-state index in [-0.39, 0.29) is 11.3 Å². The highest BCUT2D eigenvalue weighted by atomic mass is 16.5. The third-order valence-electron chi connectivity index (χ3n) is 5.71. The molecular weight excluding hydrogens is 402 g/mol. The van der Waals surface area contributed by atoms with Gasteiger partial charge in [0.1, 0.15) is 11.5 Å². The number of para-hydroxylation sites is 1. The molecule has 0 spiro atoms. The summed E-state index contributed by atoms with van der Waals surface area (Å²) in [5.74, 6) is -0.842. The van der Waals surface area contributed by atoms with E-state index in [0.717, 1.165) is 16.7 Å². The van der Waals surface area contributed by atoms with Gasteiger partial charge in [-0.2, -0.15) is 0 Å². The normalized spacial score (nSPS) is 17.6. The Labute approximate surface area is 187 Å². The molecule has 1 aliphatic rings. The SMILES string of the molecule is CCOc1ccc(/C(O)=C2\C(=O)C(=O)N(c3ccccc3)C2c2ccccc2C)cc1C. The molecule has 0 aromatic heterocycles. The molecule has 5 heteroatoms. The second-order valence-corrected chi connectivity index (χ2v) is 7.77. The van der Waals surface area contributed by atoms with Crippen LogP contribution >= 0.6 is 0 Å². The summed E-state index contributed by atoms with van der Waals surface area (Å²) in [7, 11) is 0. The Morgan fingerprint density at radius 2 is 1.62 bits per heavy atom. The molecule has 0 saturated carbocycles. The van der Waals surface area contributed by atoms with Crippen LogP contribution in [0.2, 0.25) is 0 Å². The first-order valence-electron chi connectivity index (χ1n) is 10.6. The third-order valence-corrected chi connectivity index (χ3v) is 5.71. The Bertz CT molecular complexity index is 1210. The van der Waals surface area contributed by atoms with Crippen LogP contribution in [0.15, 0.2) is 78.4 Å². The Balaban J connectivity index is 1.93. The number of Topliss-reactive ketones (excluding diaryl/α,β-unsaturated/α-hetero) is 1. The molecule has 1 unspecified atom stereocenters. The maximum atomic E-state index is 13.2. The molecule has 1 amide bonds. The van der Waals surface area contributed by atoms with Gasteiger partial charge in [-0.25, -0.2) is 0 Å². The fourth-order valence-corrected chi connectivity index (χ4v) is 4.14. The Morgan fingerprint density at radius 1 is 0.938 bits per heavy atom. The number of aryl methyl sites for hydroxylation is 2. The van der Waals surface area contributed by atoms with Gasteiger partial charge in [0.05, 0.1) is 18.2 Å². The Morgan fingerprint density at radius 3 is 2.28 bits per heavy atom. The molecule has 3 aromatic rings. The predicted molar refractivity (Wildman–Crippen MR) is 125 cm³/mol. The first-order chi connectivity index (χ1) is 15.4. The van der Waals surface area contributed by atoms with Crippen LogP contribution in [0.3, 0.4) is 0 Å². The number of hydrogen-bond acceptors (Lipinski definition) is 4. The maximum absolute atomic E-state index is 13.2. The fraction of sp³-hybridized carbons (Fsp3) is 0.185. The lowest BCUT2D eigenvalue weighted by Crippen LogP contribution is -2.29. The van der Waals surface area contributed by atoms with Gasteiger partial charge >= 0.3 is 0 Å². The van der Waals surface area contributed by atoms with Gasteiger partial charge in [0.25, 0.3) is 11.7 Å². The minimum atomic E-state index is -0.731. The topological polar surface area (TPSA) is 66.8 Å². The van der Waals surface area contributed by atoms with Crippen LogP contribution in [0.1, 0.15) is 35.2 Å². The van der Waals surface area contributed by atoms with Gasteiger partial charge in [0.15, 0.2) is 0 Å². The van der Waals surface area contributed by atoms with Crippen molar-refractivity contribution in [2.75, 3.05) is 11.5 Å². The van der Waals surface area contributed by atoms with Crippen LogP contribution in [0.4, 0.5) is 5.69 Å². The molecule has 1 aliphatic heterocycles. The van der Waals surface area contributed by atoms with Crippen molar-refractivity contribution >= 4 is 23.1 Å². The molecule has 0 bridgehead atoms. The van der Waals surface area contributed by atoms with Crippen LogP contribution in [0, 0.1) is 13.8 Å². The van der Waals surface area contributed by atoms with Crippen molar-refractivity contribution < 1.29 is 19.4 Å². The van der Waals surface area contributed by atoms with Gasteiger partial charge in [0, 0.05) is 11.3 Å². The van der Waals surface area contributed by atoms with E-state index in [9.17, 15) is 14.7 Å². The molecule has 1 heterocycles. The molecule has 32 heavy (non-hydrogen) atoms. The monoisotopic (exact) mass is 427 g/mol. The van der Waals surface area contributed by atoms with E-state index in [0.29, 0.717) is 23.6 Å². The number of aliphatic hydroxyl groups excluding tert-OH is 1. The van der Waals surface area contributed by atoms with Gasteiger partial charge in [-0.3, -0.25) is 14.5 Å². The van der Waals surface area contributed by atoms with Crippen LogP contribution in [-0.4, -0.2) is 23.4 Å². The summed E-state index contributed by atoms with van der Waals surface area (Å²) in [6.07, 6.45) is 0. The van der Waals surface area contributed by atoms with Gasteiger partial charge in [-0.15, -0.1) is 0 Å². The van der Waals surface area contributed by atoms with Crippen molar-refractivity contribution in [1.29, 1.82) is 0 Å². The predicted octanol–water partition coefficient (Wildman–Crippen LogP) is 5.33. The molecule has 4 rings (SSSR count). The van der Waals surface area contributed by atoms with Crippen molar-refractivity contribution in [3.8, 4) is 5.75 Å². The van der Waals surface area contributed by atoms with Gasteiger partial charge in [0.2, 0.25) is 0 Å². The molecular formula is C27H25NO4. The minimum Gasteiger partial charge on any atom is -0.507 e. The van der Waals surface area contributed by atoms with E-state index in [1.54, 1.807) is 30.3 Å². The van der Waals surface area contributed by atoms with Crippen molar-refractivity contribution in [1.82, 2.24) is 0 Å². The van der Waals surface area contributed by atoms with Crippen LogP contribution in [0.5, 0.6) is 5.75 Å². The molecule has 1 atom stereocenters. The van der Waals surface area contributed by atoms with Crippen LogP contribution in [-0.2, 0) is 9.59 Å². The number of rotatable bonds is 5. The molecule has 0 radical (unpaired) electrons. The minimum absolute atomic E-state index is 0.0803. The average Bonchev–Trinajstić information content (AvgIpc) is 3.06. The molecule has 3 aromatic carbocycles. The van der Waals surface area contributed by atoms with E-state index in [1.807, 2.05) is 63.2 Å². The number of anilines is 1. The number of amides is 1. The molecule has 5 nitrogen and oxygen atoms in total. The van der Waals surface area contributed by atoms with Gasteiger partial charge in [-0.05, 0) is 67.8 Å². The lowest BCUT2D eigenvalue weighted by atomic mass is 9.92. The lowest BCUT2D eigenvalue weighted by molar-refractivity contribution is -0.132. The number of carbonyl (C=O) groups excluding carboxylic acids is 2. The van der Waals surface area contributed by atoms with Crippen molar-refractivity contribution in [2.24, 2.45) is 0 Å². The van der Waals surface area contributed by atoms with E-state index in [1.165, 1.54) is 4.90 Å². The van der Waals surface area contributed by atoms with E-state index < -0.39 is 17.7 Å². The van der Waals surface area contributed by atoms with Gasteiger partial charge < -0.3 is 9.84 Å². The highest BCUT2D eigenvalue weighted by molar-refractivity contribution is 6.51. The molecule has 1 saturated heterocycles. The summed E-state index contributed by atoms with van der Waals surface area (Å²) in [6, 6.07) is 21.2. The molecule has 1 N–H and O–H groups in total. The van der Waals surface area contributed by atoms with Crippen molar-refractivity contribution in [3.63, 3.8) is 0 Å². The largest absolute Gasteiger partial charge is 0.507 e. The van der Waals surface area contributed by atoms with E-state index >= 15 is 0 Å². The number of hydrogen-bond donors (Lipinski definition) is 1.